The van der Waals surface area contributed by atoms with Crippen LogP contribution in [0.15, 0.2) is 84.6 Å². The maximum atomic E-state index is 13.8. The molecule has 38 heavy (non-hydrogen) atoms. The number of benzene rings is 2. The van der Waals surface area contributed by atoms with E-state index in [1.165, 1.54) is 16.8 Å². The fourth-order valence-corrected chi connectivity index (χ4v) is 6.15. The number of amides is 1. The van der Waals surface area contributed by atoms with Crippen molar-refractivity contribution in [1.29, 1.82) is 0 Å². The Morgan fingerprint density at radius 1 is 0.921 bits per heavy atom. The second-order valence-electron chi connectivity index (χ2n) is 10.6. The summed E-state index contributed by atoms with van der Waals surface area (Å²) in [7, 11) is 1.69. The van der Waals surface area contributed by atoms with E-state index in [2.05, 4.69) is 64.3 Å². The van der Waals surface area contributed by atoms with Crippen LogP contribution >= 0.6 is 11.6 Å². The molecule has 6 rings (SSSR count). The van der Waals surface area contributed by atoms with Gasteiger partial charge in [0.15, 0.2) is 11.5 Å². The van der Waals surface area contributed by atoms with Gasteiger partial charge in [-0.1, -0.05) is 54.9 Å². The molecule has 0 saturated heterocycles. The lowest BCUT2D eigenvalue weighted by atomic mass is 9.62. The van der Waals surface area contributed by atoms with Gasteiger partial charge in [0.05, 0.1) is 5.02 Å². The van der Waals surface area contributed by atoms with Gasteiger partial charge in [-0.15, -0.1) is 0 Å². The zero-order valence-corrected chi connectivity index (χ0v) is 22.0. The van der Waals surface area contributed by atoms with Gasteiger partial charge in [-0.3, -0.25) is 14.7 Å². The van der Waals surface area contributed by atoms with E-state index in [4.69, 9.17) is 22.3 Å². The summed E-state index contributed by atoms with van der Waals surface area (Å²) in [5, 5.41) is 0.562. The Kier molecular flexibility index (Phi) is 5.76. The molecule has 1 amide bonds. The summed E-state index contributed by atoms with van der Waals surface area (Å²) in [6, 6.07) is 16.6. The Labute approximate surface area is 226 Å². The van der Waals surface area contributed by atoms with Crippen molar-refractivity contribution in [2.75, 3.05) is 7.05 Å². The number of carbonyl (C=O) groups excluding carboxylic acids is 1. The normalized spacial score (nSPS) is 22.4. The first-order valence-corrected chi connectivity index (χ1v) is 12.9. The highest BCUT2D eigenvalue weighted by atomic mass is 35.5. The van der Waals surface area contributed by atoms with E-state index in [1.807, 2.05) is 18.5 Å². The topological polar surface area (TPSA) is 97.4 Å². The first-order valence-electron chi connectivity index (χ1n) is 12.5. The molecule has 3 heterocycles. The zero-order valence-electron chi connectivity index (χ0n) is 21.2. The number of likely N-dealkylation sites (N-methyl/N-ethyl adjacent to an activating group) is 1. The smallest absolute Gasteiger partial charge is 0.261 e. The third-order valence-corrected chi connectivity index (χ3v) is 7.89. The van der Waals surface area contributed by atoms with Crippen LogP contribution in [0.5, 0.6) is 0 Å². The lowest BCUT2D eigenvalue weighted by molar-refractivity contribution is -0.132. The van der Waals surface area contributed by atoms with Gasteiger partial charge in [0.25, 0.3) is 5.91 Å². The number of nitrogens with two attached hydrogens (primary N) is 1. The molecule has 8 heteroatoms. The number of guanidine groups is 1. The molecule has 1 spiro atoms. The Morgan fingerprint density at radius 3 is 2.32 bits per heavy atom. The van der Waals surface area contributed by atoms with Gasteiger partial charge in [-0.05, 0) is 64.6 Å². The average Bonchev–Trinajstić information content (AvgIpc) is 3.12. The van der Waals surface area contributed by atoms with Gasteiger partial charge in [0.1, 0.15) is 6.33 Å². The summed E-state index contributed by atoms with van der Waals surface area (Å²) >= 11 is 6.21. The quantitative estimate of drug-likeness (QED) is 0.405. The van der Waals surface area contributed by atoms with Crippen LogP contribution in [-0.2, 0) is 23.2 Å². The van der Waals surface area contributed by atoms with Crippen molar-refractivity contribution >= 4 is 23.5 Å². The molecule has 0 radical (unpaired) electrons. The maximum absolute atomic E-state index is 13.8. The minimum absolute atomic E-state index is 0.0945. The molecule has 0 bridgehead atoms. The summed E-state index contributed by atoms with van der Waals surface area (Å²) in [5.74, 6) is 0.150. The summed E-state index contributed by atoms with van der Waals surface area (Å²) < 4.78 is 0. The van der Waals surface area contributed by atoms with Crippen LogP contribution in [0.4, 0.5) is 0 Å². The second kappa shape index (κ2) is 9.03. The van der Waals surface area contributed by atoms with Crippen molar-refractivity contribution < 1.29 is 4.79 Å². The number of hydrogen-bond donors (Lipinski definition) is 1. The van der Waals surface area contributed by atoms with E-state index in [0.717, 1.165) is 46.2 Å². The van der Waals surface area contributed by atoms with Crippen LogP contribution in [0.2, 0.25) is 5.02 Å². The van der Waals surface area contributed by atoms with Crippen molar-refractivity contribution in [3.8, 4) is 22.3 Å². The molecule has 2 atom stereocenters. The Bertz CT molecular complexity index is 1570. The number of fused-ring (bicyclic) bond motifs is 2. The molecule has 2 aromatic carbocycles. The van der Waals surface area contributed by atoms with Gasteiger partial charge >= 0.3 is 0 Å². The monoisotopic (exact) mass is 522 g/mol. The van der Waals surface area contributed by atoms with Crippen LogP contribution in [0.25, 0.3) is 22.3 Å². The molecule has 2 unspecified atom stereocenters. The predicted molar refractivity (Wildman–Crippen MR) is 148 cm³/mol. The number of nitrogens with zero attached hydrogens (tertiary/aromatic N) is 5. The lowest BCUT2D eigenvalue weighted by Gasteiger charge is -2.43. The van der Waals surface area contributed by atoms with Crippen molar-refractivity contribution in [2.24, 2.45) is 16.1 Å². The number of rotatable bonds is 4. The Balaban J connectivity index is 1.38. The van der Waals surface area contributed by atoms with Gasteiger partial charge in [-0.25, -0.2) is 15.0 Å². The number of aromatic nitrogens is 3. The van der Waals surface area contributed by atoms with Crippen LogP contribution < -0.4 is 5.73 Å². The van der Waals surface area contributed by atoms with Gasteiger partial charge in [0, 0.05) is 43.0 Å². The molecule has 190 valence electrons. The SMILES string of the molecule is CN1C(=O)C2(CC(C)(Cc3ccc(-c4cncnc4)cc3)Cc3ccc(-c4cncc(Cl)c4)cc32)N=C1N. The van der Waals surface area contributed by atoms with Gasteiger partial charge < -0.3 is 5.73 Å². The van der Waals surface area contributed by atoms with E-state index in [1.54, 1.807) is 19.4 Å². The van der Waals surface area contributed by atoms with Crippen molar-refractivity contribution in [3.63, 3.8) is 0 Å². The van der Waals surface area contributed by atoms with Crippen LogP contribution in [0.1, 0.15) is 30.0 Å². The number of pyridine rings is 1. The molecule has 4 aromatic rings. The van der Waals surface area contributed by atoms with Crippen LogP contribution in [-0.4, -0.2) is 38.8 Å². The van der Waals surface area contributed by atoms with Gasteiger partial charge in [0.2, 0.25) is 0 Å². The largest absolute Gasteiger partial charge is 0.369 e. The Morgan fingerprint density at radius 2 is 1.63 bits per heavy atom. The summed E-state index contributed by atoms with van der Waals surface area (Å²) in [5.41, 5.74) is 12.0. The molecule has 2 aromatic heterocycles. The van der Waals surface area contributed by atoms with E-state index >= 15 is 0 Å². The fraction of sp³-hybridized carbons (Fsp3) is 0.233. The maximum Gasteiger partial charge on any atom is 0.261 e. The summed E-state index contributed by atoms with van der Waals surface area (Å²) in [4.78, 5) is 32.6. The third kappa shape index (κ3) is 4.13. The van der Waals surface area contributed by atoms with Crippen LogP contribution in [0.3, 0.4) is 0 Å². The molecule has 7 nitrogen and oxygen atoms in total. The highest BCUT2D eigenvalue weighted by Crippen LogP contribution is 2.51. The molecule has 0 fully saturated rings. The fourth-order valence-electron chi connectivity index (χ4n) is 5.97. The summed E-state index contributed by atoms with van der Waals surface area (Å²) in [6.45, 7) is 2.24. The number of carbonyl (C=O) groups is 1. The average molecular weight is 523 g/mol. The molecular formula is C30H27ClN6O. The standard InChI is InChI=1S/C30H27ClN6O/c1-29(11-19-3-5-20(6-4-19)24-14-34-18-35-15-24)12-22-8-7-21(23-9-25(31)16-33-13-23)10-26(22)30(17-29)27(38)37(2)28(32)36-30/h3-10,13-16,18H,11-12,17H2,1-2H3,(H2,32,36). The number of hydrogen-bond acceptors (Lipinski definition) is 6. The predicted octanol–water partition coefficient (Wildman–Crippen LogP) is 5.04. The first-order chi connectivity index (χ1) is 18.3. The molecule has 2 aliphatic rings. The molecule has 2 N–H and O–H groups in total. The minimum atomic E-state index is -1.06. The van der Waals surface area contributed by atoms with E-state index in [0.29, 0.717) is 11.4 Å². The van der Waals surface area contributed by atoms with Crippen molar-refractivity contribution in [1.82, 2.24) is 19.9 Å². The molecule has 1 aliphatic heterocycles. The molecular weight excluding hydrogens is 496 g/mol. The molecule has 0 saturated carbocycles. The van der Waals surface area contributed by atoms with Crippen molar-refractivity contribution in [3.05, 3.63) is 101 Å². The lowest BCUT2D eigenvalue weighted by Crippen LogP contribution is -2.47. The first kappa shape index (κ1) is 24.2. The zero-order chi connectivity index (χ0) is 26.5. The third-order valence-electron chi connectivity index (χ3n) is 7.68. The second-order valence-corrected chi connectivity index (χ2v) is 11.1. The minimum Gasteiger partial charge on any atom is -0.369 e. The molecule has 1 aliphatic carbocycles. The highest BCUT2D eigenvalue weighted by molar-refractivity contribution is 6.30. The van der Waals surface area contributed by atoms with Crippen LogP contribution in [0, 0.1) is 5.41 Å². The van der Waals surface area contributed by atoms with Gasteiger partial charge in [-0.2, -0.15) is 0 Å². The number of aliphatic imine (C=N–C) groups is 1. The van der Waals surface area contributed by atoms with E-state index in [-0.39, 0.29) is 17.3 Å². The summed E-state index contributed by atoms with van der Waals surface area (Å²) in [6.07, 6.45) is 10.7. The van der Waals surface area contributed by atoms with Crippen molar-refractivity contribution in [2.45, 2.75) is 31.7 Å². The Hall–Kier alpha value is -4.10. The number of halogens is 1. The van der Waals surface area contributed by atoms with E-state index < -0.39 is 5.54 Å². The highest BCUT2D eigenvalue weighted by Gasteiger charge is 2.55. The van der Waals surface area contributed by atoms with E-state index in [9.17, 15) is 4.79 Å².